The first kappa shape index (κ1) is 10.5. The Hall–Kier alpha value is -0.590. The average Bonchev–Trinajstić information content (AvgIpc) is 2.17. The summed E-state index contributed by atoms with van der Waals surface area (Å²) in [6, 6.07) is 0. The third kappa shape index (κ3) is 2.98. The van der Waals surface area contributed by atoms with Crippen LogP contribution in [-0.4, -0.2) is 5.78 Å². The molecule has 0 amide bonds. The molecule has 1 saturated carbocycles. The van der Waals surface area contributed by atoms with Gasteiger partial charge in [0, 0.05) is 12.3 Å². The Balaban J connectivity index is 2.58. The lowest BCUT2D eigenvalue weighted by molar-refractivity contribution is -0.123. The lowest BCUT2D eigenvalue weighted by Crippen LogP contribution is -2.17. The van der Waals surface area contributed by atoms with E-state index in [9.17, 15) is 4.79 Å². The predicted molar refractivity (Wildman–Crippen MR) is 55.6 cm³/mol. The van der Waals surface area contributed by atoms with Crippen LogP contribution < -0.4 is 0 Å². The van der Waals surface area contributed by atoms with Crippen LogP contribution in [-0.2, 0) is 4.79 Å². The van der Waals surface area contributed by atoms with E-state index in [0.29, 0.717) is 5.78 Å². The van der Waals surface area contributed by atoms with Gasteiger partial charge in [-0.2, -0.15) is 0 Å². The number of rotatable bonds is 3. The zero-order valence-electron chi connectivity index (χ0n) is 8.81. The van der Waals surface area contributed by atoms with E-state index >= 15 is 0 Å². The van der Waals surface area contributed by atoms with Gasteiger partial charge in [-0.05, 0) is 25.7 Å². The molecule has 0 aromatic rings. The lowest BCUT2D eigenvalue weighted by atomic mass is 9.86. The van der Waals surface area contributed by atoms with Crippen LogP contribution in [0.1, 0.15) is 52.4 Å². The fourth-order valence-electron chi connectivity index (χ4n) is 1.96. The molecule has 1 aliphatic carbocycles. The van der Waals surface area contributed by atoms with Crippen LogP contribution >= 0.6 is 0 Å². The first-order chi connectivity index (χ1) is 6.27. The van der Waals surface area contributed by atoms with Crippen molar-refractivity contribution in [1.29, 1.82) is 0 Å². The molecule has 1 atom stereocenters. The maximum atomic E-state index is 11.5. The Morgan fingerprint density at radius 3 is 2.62 bits per heavy atom. The number of Topliss-reactive ketones (excluding diaryl/α,β-unsaturated/α-hetero) is 1. The topological polar surface area (TPSA) is 17.1 Å². The summed E-state index contributed by atoms with van der Waals surface area (Å²) in [4.78, 5) is 11.5. The van der Waals surface area contributed by atoms with Crippen LogP contribution in [0, 0.1) is 5.92 Å². The highest BCUT2D eigenvalue weighted by molar-refractivity contribution is 5.83. The third-order valence-corrected chi connectivity index (χ3v) is 2.95. The van der Waals surface area contributed by atoms with E-state index in [2.05, 4.69) is 19.9 Å². The van der Waals surface area contributed by atoms with Gasteiger partial charge in [0.15, 0.2) is 0 Å². The van der Waals surface area contributed by atoms with Crippen molar-refractivity contribution in [2.24, 2.45) is 5.92 Å². The summed E-state index contributed by atoms with van der Waals surface area (Å²) in [6.07, 6.45) is 8.65. The Kier molecular flexibility index (Phi) is 4.20. The van der Waals surface area contributed by atoms with Crippen LogP contribution in [0.15, 0.2) is 11.6 Å². The quantitative estimate of drug-likeness (QED) is 0.607. The Bertz CT molecular complexity index is 197. The fourth-order valence-corrected chi connectivity index (χ4v) is 1.96. The van der Waals surface area contributed by atoms with Crippen LogP contribution in [0.4, 0.5) is 0 Å². The highest BCUT2D eigenvalue weighted by Gasteiger charge is 2.19. The molecule has 0 aliphatic heterocycles. The van der Waals surface area contributed by atoms with Crippen molar-refractivity contribution >= 4 is 5.78 Å². The maximum Gasteiger partial charge on any atom is 0.139 e. The number of ketones is 1. The minimum atomic E-state index is 0.253. The Labute approximate surface area is 81.2 Å². The molecule has 1 nitrogen and oxygen atoms in total. The molecule has 1 fully saturated rings. The van der Waals surface area contributed by atoms with E-state index < -0.39 is 0 Å². The van der Waals surface area contributed by atoms with Gasteiger partial charge in [0.25, 0.3) is 0 Å². The van der Waals surface area contributed by atoms with Gasteiger partial charge in [-0.3, -0.25) is 4.79 Å². The normalized spacial score (nSPS) is 22.9. The second kappa shape index (κ2) is 5.21. The zero-order valence-corrected chi connectivity index (χ0v) is 8.81. The molecule has 0 bridgehead atoms. The van der Waals surface area contributed by atoms with Crippen molar-refractivity contribution in [2.75, 3.05) is 0 Å². The van der Waals surface area contributed by atoms with Crippen LogP contribution in [0.25, 0.3) is 0 Å². The maximum absolute atomic E-state index is 11.5. The molecule has 0 radical (unpaired) electrons. The molecule has 0 aromatic heterocycles. The molecule has 0 N–H and O–H groups in total. The molecule has 13 heavy (non-hydrogen) atoms. The molecular weight excluding hydrogens is 160 g/mol. The smallest absolute Gasteiger partial charge is 0.139 e. The lowest BCUT2D eigenvalue weighted by Gasteiger charge is -2.18. The van der Waals surface area contributed by atoms with Crippen molar-refractivity contribution in [2.45, 2.75) is 52.4 Å². The van der Waals surface area contributed by atoms with Crippen molar-refractivity contribution in [3.05, 3.63) is 11.6 Å². The summed E-state index contributed by atoms with van der Waals surface area (Å²) in [6.45, 7) is 4.34. The molecule has 0 spiro atoms. The molecule has 1 rings (SSSR count). The first-order valence-electron chi connectivity index (χ1n) is 5.50. The number of hydrogen-bond donors (Lipinski definition) is 0. The van der Waals surface area contributed by atoms with Gasteiger partial charge in [-0.25, -0.2) is 0 Å². The van der Waals surface area contributed by atoms with Gasteiger partial charge in [0.1, 0.15) is 5.78 Å². The second-order valence-corrected chi connectivity index (χ2v) is 3.85. The largest absolute Gasteiger partial charge is 0.299 e. The Morgan fingerprint density at radius 2 is 2.08 bits per heavy atom. The van der Waals surface area contributed by atoms with Crippen LogP contribution in [0.2, 0.25) is 0 Å². The monoisotopic (exact) mass is 180 g/mol. The van der Waals surface area contributed by atoms with E-state index in [-0.39, 0.29) is 5.92 Å². The number of allylic oxidation sites excluding steroid dienone is 2. The van der Waals surface area contributed by atoms with Crippen molar-refractivity contribution in [3.8, 4) is 0 Å². The van der Waals surface area contributed by atoms with Gasteiger partial charge < -0.3 is 0 Å². The summed E-state index contributed by atoms with van der Waals surface area (Å²) in [7, 11) is 0. The van der Waals surface area contributed by atoms with Crippen LogP contribution in [0.3, 0.4) is 0 Å². The molecule has 1 unspecified atom stereocenters. The molecule has 74 valence electrons. The van der Waals surface area contributed by atoms with Gasteiger partial charge in [0.2, 0.25) is 0 Å². The fraction of sp³-hybridized carbons (Fsp3) is 0.750. The highest BCUT2D eigenvalue weighted by Crippen LogP contribution is 2.24. The molecule has 0 aromatic carbocycles. The van der Waals surface area contributed by atoms with E-state index in [1.165, 1.54) is 12.0 Å². The summed E-state index contributed by atoms with van der Waals surface area (Å²) < 4.78 is 0. The van der Waals surface area contributed by atoms with Crippen molar-refractivity contribution < 1.29 is 4.79 Å². The molecular formula is C12H20O. The zero-order chi connectivity index (χ0) is 9.68. The van der Waals surface area contributed by atoms with E-state index in [1.807, 2.05) is 0 Å². The van der Waals surface area contributed by atoms with E-state index in [4.69, 9.17) is 0 Å². The third-order valence-electron chi connectivity index (χ3n) is 2.95. The number of carbonyl (C=O) groups is 1. The molecule has 1 heteroatoms. The number of carbonyl (C=O) groups excluding carboxylic acids is 1. The minimum Gasteiger partial charge on any atom is -0.299 e. The van der Waals surface area contributed by atoms with Gasteiger partial charge >= 0.3 is 0 Å². The number of hydrogen-bond acceptors (Lipinski definition) is 1. The van der Waals surface area contributed by atoms with Gasteiger partial charge in [-0.15, -0.1) is 0 Å². The Morgan fingerprint density at radius 1 is 1.38 bits per heavy atom. The van der Waals surface area contributed by atoms with Crippen LogP contribution in [0.5, 0.6) is 0 Å². The van der Waals surface area contributed by atoms with E-state index in [0.717, 1.165) is 32.1 Å². The second-order valence-electron chi connectivity index (χ2n) is 3.85. The molecule has 0 saturated heterocycles. The standard InChI is InChI=1S/C12H20O/c1-3-10(4-2)9-11-7-5-6-8-12(11)13/h9,11H,3-8H2,1-2H3. The minimum absolute atomic E-state index is 0.253. The van der Waals surface area contributed by atoms with Gasteiger partial charge in [-0.1, -0.05) is 31.9 Å². The molecule has 1 aliphatic rings. The van der Waals surface area contributed by atoms with E-state index in [1.54, 1.807) is 0 Å². The summed E-state index contributed by atoms with van der Waals surface area (Å²) in [5.41, 5.74) is 1.44. The first-order valence-corrected chi connectivity index (χ1v) is 5.50. The van der Waals surface area contributed by atoms with Crippen molar-refractivity contribution in [1.82, 2.24) is 0 Å². The van der Waals surface area contributed by atoms with Gasteiger partial charge in [0.05, 0.1) is 0 Å². The highest BCUT2D eigenvalue weighted by atomic mass is 16.1. The summed E-state index contributed by atoms with van der Waals surface area (Å²) in [5.74, 6) is 0.717. The molecule has 0 heterocycles. The summed E-state index contributed by atoms with van der Waals surface area (Å²) in [5, 5.41) is 0. The van der Waals surface area contributed by atoms with Crippen molar-refractivity contribution in [3.63, 3.8) is 0 Å². The predicted octanol–water partition coefficient (Wildman–Crippen LogP) is 3.49. The summed E-state index contributed by atoms with van der Waals surface area (Å²) >= 11 is 0. The SMILES string of the molecule is CCC(=CC1CCCCC1=O)CC. The average molecular weight is 180 g/mol.